The molecule has 1 aromatic rings. The maximum Gasteiger partial charge on any atom is 0.230 e. The molecule has 4 nitrogen and oxygen atoms in total. The van der Waals surface area contributed by atoms with Crippen molar-refractivity contribution in [3.8, 4) is 0 Å². The maximum atomic E-state index is 5.40. The Morgan fingerprint density at radius 1 is 1.31 bits per heavy atom. The van der Waals surface area contributed by atoms with Crippen LogP contribution >= 0.6 is 11.8 Å². The molecule has 0 spiro atoms. The van der Waals surface area contributed by atoms with Gasteiger partial charge in [-0.1, -0.05) is 5.16 Å². The van der Waals surface area contributed by atoms with Gasteiger partial charge in [0.15, 0.2) is 5.82 Å². The smallest absolute Gasteiger partial charge is 0.230 e. The van der Waals surface area contributed by atoms with E-state index in [0.717, 1.165) is 30.4 Å². The Hall–Kier alpha value is -0.550. The standard InChI is InChI=1S/C11H17N3OS/c1-4-9(12-5-1)10-13-11(15-14-10)8-3-2-6-16-7-8/h8-9,12H,1-7H2. The number of rotatable bonds is 2. The Labute approximate surface area is 99.6 Å². The first-order valence-electron chi connectivity index (χ1n) is 6.08. The first kappa shape index (κ1) is 10.6. The largest absolute Gasteiger partial charge is 0.339 e. The van der Waals surface area contributed by atoms with Gasteiger partial charge in [-0.05, 0) is 38.0 Å². The highest BCUT2D eigenvalue weighted by Gasteiger charge is 2.25. The van der Waals surface area contributed by atoms with E-state index in [2.05, 4.69) is 15.5 Å². The average molecular weight is 239 g/mol. The number of nitrogens with one attached hydrogen (secondary N) is 1. The fraction of sp³-hybridized carbons (Fsp3) is 0.818. The Balaban J connectivity index is 1.71. The zero-order valence-electron chi connectivity index (χ0n) is 9.32. The highest BCUT2D eigenvalue weighted by Crippen LogP contribution is 2.31. The maximum absolute atomic E-state index is 5.40. The Bertz CT molecular complexity index is 343. The van der Waals surface area contributed by atoms with Crippen LogP contribution < -0.4 is 5.32 Å². The molecule has 2 aliphatic heterocycles. The van der Waals surface area contributed by atoms with Crippen LogP contribution in [-0.4, -0.2) is 28.2 Å². The first-order chi connectivity index (χ1) is 7.93. The molecular formula is C11H17N3OS. The van der Waals surface area contributed by atoms with Gasteiger partial charge in [0.1, 0.15) is 0 Å². The zero-order chi connectivity index (χ0) is 10.8. The quantitative estimate of drug-likeness (QED) is 0.856. The summed E-state index contributed by atoms with van der Waals surface area (Å²) in [5.41, 5.74) is 0. The van der Waals surface area contributed by atoms with Crippen molar-refractivity contribution in [2.45, 2.75) is 37.6 Å². The number of nitrogens with zero attached hydrogens (tertiary/aromatic N) is 2. The summed E-state index contributed by atoms with van der Waals surface area (Å²) in [5.74, 6) is 4.63. The number of hydrogen-bond donors (Lipinski definition) is 1. The van der Waals surface area contributed by atoms with Crippen molar-refractivity contribution >= 4 is 11.8 Å². The van der Waals surface area contributed by atoms with Crippen LogP contribution in [0.25, 0.3) is 0 Å². The van der Waals surface area contributed by atoms with Gasteiger partial charge in [0.05, 0.1) is 6.04 Å². The summed E-state index contributed by atoms with van der Waals surface area (Å²) in [4.78, 5) is 4.56. The SMILES string of the molecule is C1CSCC(c2nc(C3CCCN3)no2)C1. The van der Waals surface area contributed by atoms with Crippen molar-refractivity contribution in [1.82, 2.24) is 15.5 Å². The summed E-state index contributed by atoms with van der Waals surface area (Å²) in [5, 5.41) is 7.51. The lowest BCUT2D eigenvalue weighted by Crippen LogP contribution is -2.14. The minimum absolute atomic E-state index is 0.328. The lowest BCUT2D eigenvalue weighted by Gasteiger charge is -2.16. The first-order valence-corrected chi connectivity index (χ1v) is 7.23. The predicted molar refractivity (Wildman–Crippen MR) is 63.6 cm³/mol. The van der Waals surface area contributed by atoms with Gasteiger partial charge >= 0.3 is 0 Å². The van der Waals surface area contributed by atoms with Crippen molar-refractivity contribution in [3.63, 3.8) is 0 Å². The van der Waals surface area contributed by atoms with E-state index in [4.69, 9.17) is 4.52 Å². The summed E-state index contributed by atoms with van der Waals surface area (Å²) in [6, 6.07) is 0.328. The van der Waals surface area contributed by atoms with Gasteiger partial charge in [0, 0.05) is 11.7 Å². The molecule has 3 heterocycles. The summed E-state index contributed by atoms with van der Waals surface area (Å²) in [6.07, 6.45) is 4.83. The van der Waals surface area contributed by atoms with Crippen LogP contribution in [-0.2, 0) is 0 Å². The van der Waals surface area contributed by atoms with Crippen LogP contribution in [0.1, 0.15) is 49.4 Å². The molecule has 0 amide bonds. The van der Waals surface area contributed by atoms with Gasteiger partial charge < -0.3 is 9.84 Å². The van der Waals surface area contributed by atoms with E-state index in [9.17, 15) is 0 Å². The van der Waals surface area contributed by atoms with E-state index < -0.39 is 0 Å². The van der Waals surface area contributed by atoms with Crippen molar-refractivity contribution in [2.75, 3.05) is 18.1 Å². The van der Waals surface area contributed by atoms with E-state index in [1.165, 1.54) is 25.0 Å². The zero-order valence-corrected chi connectivity index (χ0v) is 10.1. The van der Waals surface area contributed by atoms with E-state index in [1.54, 1.807) is 0 Å². The van der Waals surface area contributed by atoms with Gasteiger partial charge in [-0.2, -0.15) is 16.7 Å². The van der Waals surface area contributed by atoms with E-state index >= 15 is 0 Å². The van der Waals surface area contributed by atoms with Gasteiger partial charge in [-0.25, -0.2) is 0 Å². The van der Waals surface area contributed by atoms with Gasteiger partial charge in [0.2, 0.25) is 5.89 Å². The van der Waals surface area contributed by atoms with E-state index in [0.29, 0.717) is 12.0 Å². The molecule has 2 unspecified atom stereocenters. The summed E-state index contributed by atoms with van der Waals surface area (Å²) < 4.78 is 5.40. The molecule has 88 valence electrons. The van der Waals surface area contributed by atoms with E-state index in [-0.39, 0.29) is 0 Å². The normalized spacial score (nSPS) is 30.8. The summed E-state index contributed by atoms with van der Waals surface area (Å²) in [6.45, 7) is 1.08. The third kappa shape index (κ3) is 2.11. The minimum atomic E-state index is 0.328. The second kappa shape index (κ2) is 4.75. The molecule has 0 aliphatic carbocycles. The third-order valence-electron chi connectivity index (χ3n) is 3.34. The molecule has 0 aromatic carbocycles. The topological polar surface area (TPSA) is 51.0 Å². The molecule has 0 saturated carbocycles. The van der Waals surface area contributed by atoms with Gasteiger partial charge in [-0.15, -0.1) is 0 Å². The molecule has 1 aromatic heterocycles. The van der Waals surface area contributed by atoms with Crippen LogP contribution in [0.15, 0.2) is 4.52 Å². The minimum Gasteiger partial charge on any atom is -0.339 e. The Morgan fingerprint density at radius 3 is 3.06 bits per heavy atom. The molecule has 2 atom stereocenters. The molecule has 1 N–H and O–H groups in total. The fourth-order valence-electron chi connectivity index (χ4n) is 2.40. The van der Waals surface area contributed by atoms with Crippen LogP contribution in [0.5, 0.6) is 0 Å². The van der Waals surface area contributed by atoms with Crippen molar-refractivity contribution in [1.29, 1.82) is 0 Å². The Kier molecular flexibility index (Phi) is 3.15. The van der Waals surface area contributed by atoms with E-state index in [1.807, 2.05) is 11.8 Å². The van der Waals surface area contributed by atoms with Crippen LogP contribution in [0.2, 0.25) is 0 Å². The molecule has 2 fully saturated rings. The molecular weight excluding hydrogens is 222 g/mol. The molecule has 0 bridgehead atoms. The summed E-state index contributed by atoms with van der Waals surface area (Å²) in [7, 11) is 0. The second-order valence-corrected chi connectivity index (χ2v) is 5.70. The fourth-order valence-corrected chi connectivity index (χ4v) is 3.53. The molecule has 5 heteroatoms. The number of thioether (sulfide) groups is 1. The molecule has 0 radical (unpaired) electrons. The van der Waals surface area contributed by atoms with Crippen molar-refractivity contribution < 1.29 is 4.52 Å². The van der Waals surface area contributed by atoms with Gasteiger partial charge in [0.25, 0.3) is 0 Å². The highest BCUT2D eigenvalue weighted by molar-refractivity contribution is 7.99. The number of aromatic nitrogens is 2. The average Bonchev–Trinajstić information content (AvgIpc) is 3.01. The van der Waals surface area contributed by atoms with Gasteiger partial charge in [-0.3, -0.25) is 0 Å². The van der Waals surface area contributed by atoms with Crippen LogP contribution in [0.4, 0.5) is 0 Å². The number of hydrogen-bond acceptors (Lipinski definition) is 5. The van der Waals surface area contributed by atoms with Crippen molar-refractivity contribution in [3.05, 3.63) is 11.7 Å². The monoisotopic (exact) mass is 239 g/mol. The molecule has 2 aliphatic rings. The second-order valence-electron chi connectivity index (χ2n) is 4.55. The molecule has 16 heavy (non-hydrogen) atoms. The van der Waals surface area contributed by atoms with Crippen LogP contribution in [0.3, 0.4) is 0 Å². The predicted octanol–water partition coefficient (Wildman–Crippen LogP) is 2.10. The summed E-state index contributed by atoms with van der Waals surface area (Å²) >= 11 is 2.00. The molecule has 3 rings (SSSR count). The molecule has 2 saturated heterocycles. The van der Waals surface area contributed by atoms with Crippen molar-refractivity contribution in [2.24, 2.45) is 0 Å². The third-order valence-corrected chi connectivity index (χ3v) is 4.55. The Morgan fingerprint density at radius 2 is 2.31 bits per heavy atom. The lowest BCUT2D eigenvalue weighted by molar-refractivity contribution is 0.346. The highest BCUT2D eigenvalue weighted by atomic mass is 32.2. The lowest BCUT2D eigenvalue weighted by atomic mass is 10.1. The van der Waals surface area contributed by atoms with Crippen LogP contribution in [0, 0.1) is 0 Å².